The molecule has 5 nitrogen and oxygen atoms in total. The topological polar surface area (TPSA) is 54.5 Å². The summed E-state index contributed by atoms with van der Waals surface area (Å²) in [5.74, 6) is 0.147. The fourth-order valence-electron chi connectivity index (χ4n) is 2.47. The van der Waals surface area contributed by atoms with Crippen molar-refractivity contribution in [1.29, 1.82) is 0 Å². The number of benzene rings is 1. The SMILES string of the molecule is Cc1nc(C(C)NC(=O)N2CCOc3cccc(F)c3C2)cs1. The van der Waals surface area contributed by atoms with Gasteiger partial charge in [0.1, 0.15) is 18.2 Å². The first kappa shape index (κ1) is 15.7. The Morgan fingerprint density at radius 3 is 3.09 bits per heavy atom. The molecule has 1 atom stereocenters. The van der Waals surface area contributed by atoms with E-state index in [-0.39, 0.29) is 24.4 Å². The van der Waals surface area contributed by atoms with E-state index >= 15 is 0 Å². The summed E-state index contributed by atoms with van der Waals surface area (Å²) < 4.78 is 19.5. The molecule has 3 rings (SSSR count). The first-order chi connectivity index (χ1) is 11.0. The lowest BCUT2D eigenvalue weighted by atomic mass is 10.2. The minimum atomic E-state index is -0.356. The fourth-order valence-corrected chi connectivity index (χ4v) is 3.17. The molecule has 0 bridgehead atoms. The predicted molar refractivity (Wildman–Crippen MR) is 86.1 cm³/mol. The van der Waals surface area contributed by atoms with Gasteiger partial charge in [-0.25, -0.2) is 14.2 Å². The lowest BCUT2D eigenvalue weighted by molar-refractivity contribution is 0.184. The van der Waals surface area contributed by atoms with E-state index in [4.69, 9.17) is 4.74 Å². The maximum atomic E-state index is 14.0. The second-order valence-corrected chi connectivity index (χ2v) is 6.51. The van der Waals surface area contributed by atoms with E-state index in [2.05, 4.69) is 10.3 Å². The molecule has 1 aromatic carbocycles. The van der Waals surface area contributed by atoms with Crippen LogP contribution in [-0.2, 0) is 6.54 Å². The van der Waals surface area contributed by atoms with E-state index in [1.807, 2.05) is 19.2 Å². The molecule has 7 heteroatoms. The molecular formula is C16H18FN3O2S. The van der Waals surface area contributed by atoms with Crippen molar-refractivity contribution in [2.75, 3.05) is 13.2 Å². The molecule has 2 heterocycles. The summed E-state index contributed by atoms with van der Waals surface area (Å²) in [6.45, 7) is 4.75. The number of aromatic nitrogens is 1. The number of ether oxygens (including phenoxy) is 1. The van der Waals surface area contributed by atoms with Gasteiger partial charge in [-0.2, -0.15) is 0 Å². The molecule has 1 aromatic heterocycles. The minimum Gasteiger partial charge on any atom is -0.491 e. The average molecular weight is 335 g/mol. The number of amides is 2. The van der Waals surface area contributed by atoms with Gasteiger partial charge >= 0.3 is 6.03 Å². The summed E-state index contributed by atoms with van der Waals surface area (Å²) in [6.07, 6.45) is 0. The van der Waals surface area contributed by atoms with Crippen LogP contribution in [0.1, 0.15) is 29.2 Å². The zero-order valence-electron chi connectivity index (χ0n) is 13.0. The van der Waals surface area contributed by atoms with E-state index in [1.54, 1.807) is 28.4 Å². The van der Waals surface area contributed by atoms with Gasteiger partial charge in [0.05, 0.1) is 29.8 Å². The van der Waals surface area contributed by atoms with Crippen LogP contribution >= 0.6 is 11.3 Å². The molecule has 0 saturated carbocycles. The van der Waals surface area contributed by atoms with Crippen LogP contribution in [0.15, 0.2) is 23.6 Å². The Balaban J connectivity index is 1.71. The lowest BCUT2D eigenvalue weighted by Crippen LogP contribution is -2.41. The Labute approximate surface area is 138 Å². The molecule has 0 spiro atoms. The van der Waals surface area contributed by atoms with E-state index in [9.17, 15) is 9.18 Å². The Morgan fingerprint density at radius 2 is 2.35 bits per heavy atom. The highest BCUT2D eigenvalue weighted by atomic mass is 32.1. The van der Waals surface area contributed by atoms with Gasteiger partial charge in [-0.15, -0.1) is 11.3 Å². The summed E-state index contributed by atoms with van der Waals surface area (Å²) in [5.41, 5.74) is 1.25. The number of carbonyl (C=O) groups is 1. The Morgan fingerprint density at radius 1 is 1.52 bits per heavy atom. The Hall–Kier alpha value is -2.15. The van der Waals surface area contributed by atoms with Crippen molar-refractivity contribution >= 4 is 17.4 Å². The number of thiazole rings is 1. The number of fused-ring (bicyclic) bond motifs is 1. The molecule has 1 aliphatic rings. The van der Waals surface area contributed by atoms with Gasteiger partial charge in [-0.05, 0) is 26.0 Å². The van der Waals surface area contributed by atoms with Crippen LogP contribution in [0.5, 0.6) is 5.75 Å². The highest BCUT2D eigenvalue weighted by Gasteiger charge is 2.23. The van der Waals surface area contributed by atoms with Crippen molar-refractivity contribution < 1.29 is 13.9 Å². The quantitative estimate of drug-likeness (QED) is 0.916. The molecule has 0 aliphatic carbocycles. The molecule has 0 fully saturated rings. The molecule has 122 valence electrons. The third kappa shape index (κ3) is 3.44. The van der Waals surface area contributed by atoms with Gasteiger partial charge in [0.15, 0.2) is 0 Å². The molecule has 1 unspecified atom stereocenters. The van der Waals surface area contributed by atoms with Crippen LogP contribution in [-0.4, -0.2) is 29.1 Å². The Bertz CT molecular complexity index is 719. The second kappa shape index (κ2) is 6.54. The van der Waals surface area contributed by atoms with Crippen LogP contribution in [0.2, 0.25) is 0 Å². The van der Waals surface area contributed by atoms with E-state index in [0.717, 1.165) is 10.7 Å². The maximum Gasteiger partial charge on any atom is 0.318 e. The molecule has 0 saturated heterocycles. The number of hydrogen-bond acceptors (Lipinski definition) is 4. The molecule has 1 N–H and O–H groups in total. The smallest absolute Gasteiger partial charge is 0.318 e. The van der Waals surface area contributed by atoms with Crippen LogP contribution in [0.25, 0.3) is 0 Å². The summed E-state index contributed by atoms with van der Waals surface area (Å²) >= 11 is 1.55. The number of urea groups is 1. The van der Waals surface area contributed by atoms with Crippen LogP contribution in [0, 0.1) is 12.7 Å². The van der Waals surface area contributed by atoms with Gasteiger partial charge in [-0.1, -0.05) is 6.07 Å². The highest BCUT2D eigenvalue weighted by molar-refractivity contribution is 7.09. The number of carbonyl (C=O) groups excluding carboxylic acids is 1. The van der Waals surface area contributed by atoms with Crippen molar-refractivity contribution in [3.8, 4) is 5.75 Å². The number of aryl methyl sites for hydroxylation is 1. The molecule has 23 heavy (non-hydrogen) atoms. The van der Waals surface area contributed by atoms with E-state index < -0.39 is 0 Å². The summed E-state index contributed by atoms with van der Waals surface area (Å²) in [5, 5.41) is 5.80. The minimum absolute atomic E-state index is 0.191. The van der Waals surface area contributed by atoms with Gasteiger partial charge in [-0.3, -0.25) is 0 Å². The third-order valence-corrected chi connectivity index (χ3v) is 4.54. The molecule has 0 radical (unpaired) electrons. The van der Waals surface area contributed by atoms with Gasteiger partial charge in [0.25, 0.3) is 0 Å². The normalized spacial score (nSPS) is 15.3. The van der Waals surface area contributed by atoms with E-state index in [0.29, 0.717) is 24.5 Å². The van der Waals surface area contributed by atoms with E-state index in [1.165, 1.54) is 6.07 Å². The highest BCUT2D eigenvalue weighted by Crippen LogP contribution is 2.25. The number of halogens is 1. The number of rotatable bonds is 2. The number of hydrogen-bond donors (Lipinski definition) is 1. The van der Waals surface area contributed by atoms with Crippen molar-refractivity contribution in [2.45, 2.75) is 26.4 Å². The van der Waals surface area contributed by atoms with Crippen LogP contribution in [0.4, 0.5) is 9.18 Å². The average Bonchev–Trinajstić information content (AvgIpc) is 2.82. The van der Waals surface area contributed by atoms with Gasteiger partial charge < -0.3 is 15.0 Å². The van der Waals surface area contributed by atoms with Gasteiger partial charge in [0, 0.05) is 10.9 Å². The largest absolute Gasteiger partial charge is 0.491 e. The lowest BCUT2D eigenvalue weighted by Gasteiger charge is -2.22. The Kier molecular flexibility index (Phi) is 4.47. The second-order valence-electron chi connectivity index (χ2n) is 5.45. The number of nitrogens with one attached hydrogen (secondary N) is 1. The monoisotopic (exact) mass is 335 g/mol. The van der Waals surface area contributed by atoms with Crippen molar-refractivity contribution in [1.82, 2.24) is 15.2 Å². The molecule has 2 amide bonds. The molecule has 2 aromatic rings. The summed E-state index contributed by atoms with van der Waals surface area (Å²) in [4.78, 5) is 18.4. The zero-order chi connectivity index (χ0) is 16.4. The predicted octanol–water partition coefficient (Wildman–Crippen LogP) is 3.26. The summed E-state index contributed by atoms with van der Waals surface area (Å²) in [7, 11) is 0. The van der Waals surface area contributed by atoms with Crippen LogP contribution in [0.3, 0.4) is 0 Å². The zero-order valence-corrected chi connectivity index (χ0v) is 13.8. The number of nitrogens with zero attached hydrogens (tertiary/aromatic N) is 2. The maximum absolute atomic E-state index is 14.0. The van der Waals surface area contributed by atoms with Crippen molar-refractivity contribution in [3.05, 3.63) is 45.7 Å². The first-order valence-corrected chi connectivity index (χ1v) is 8.30. The standard InChI is InChI=1S/C16H18FN3O2S/c1-10(14-9-23-11(2)19-14)18-16(21)20-6-7-22-15-5-3-4-13(17)12(15)8-20/h3-5,9-10H,6-8H2,1-2H3,(H,18,21). The molecule has 1 aliphatic heterocycles. The fraction of sp³-hybridized carbons (Fsp3) is 0.375. The van der Waals surface area contributed by atoms with Crippen molar-refractivity contribution in [3.63, 3.8) is 0 Å². The molecular weight excluding hydrogens is 317 g/mol. The van der Waals surface area contributed by atoms with Crippen molar-refractivity contribution in [2.24, 2.45) is 0 Å². The van der Waals surface area contributed by atoms with Gasteiger partial charge in [0.2, 0.25) is 0 Å². The first-order valence-electron chi connectivity index (χ1n) is 7.42. The van der Waals surface area contributed by atoms with Crippen LogP contribution < -0.4 is 10.1 Å². The summed E-state index contributed by atoms with van der Waals surface area (Å²) in [6, 6.07) is 4.26. The third-order valence-electron chi connectivity index (χ3n) is 3.75.